The summed E-state index contributed by atoms with van der Waals surface area (Å²) in [6.07, 6.45) is 0.777. The van der Waals surface area contributed by atoms with Crippen LogP contribution >= 0.6 is 12.4 Å². The minimum Gasteiger partial charge on any atom is -0.480 e. The number of nitrogens with one attached hydrogen (secondary N) is 1. The van der Waals surface area contributed by atoms with Crippen molar-refractivity contribution in [3.63, 3.8) is 0 Å². The molecule has 0 spiro atoms. The van der Waals surface area contributed by atoms with Crippen LogP contribution < -0.4 is 5.32 Å². The Morgan fingerprint density at radius 3 is 3.00 bits per heavy atom. The Kier molecular flexibility index (Phi) is 3.78. The smallest absolute Gasteiger partial charge is 0.323 e. The lowest BCUT2D eigenvalue weighted by atomic mass is 10.1. The van der Waals surface area contributed by atoms with Gasteiger partial charge in [0.2, 0.25) is 0 Å². The minimum absolute atomic E-state index is 0. The molecule has 0 amide bonds. The molecule has 1 aromatic heterocycles. The highest BCUT2D eigenvalue weighted by molar-refractivity contribution is 5.87. The van der Waals surface area contributed by atoms with Crippen LogP contribution in [0.1, 0.15) is 11.3 Å². The van der Waals surface area contributed by atoms with Crippen LogP contribution in [0.3, 0.4) is 0 Å². The Bertz CT molecular complexity index is 639. The van der Waals surface area contributed by atoms with Crippen LogP contribution in [0.4, 0.5) is 4.39 Å². The van der Waals surface area contributed by atoms with Gasteiger partial charge in [-0.05, 0) is 23.8 Å². The van der Waals surface area contributed by atoms with Gasteiger partial charge in [-0.3, -0.25) is 4.79 Å². The van der Waals surface area contributed by atoms with E-state index in [0.717, 1.165) is 29.6 Å². The molecule has 4 nitrogen and oxygen atoms in total. The van der Waals surface area contributed by atoms with Gasteiger partial charge in [-0.15, -0.1) is 12.4 Å². The van der Waals surface area contributed by atoms with E-state index < -0.39 is 5.97 Å². The summed E-state index contributed by atoms with van der Waals surface area (Å²) in [7, 11) is 0. The van der Waals surface area contributed by atoms with Crippen LogP contribution in [0.25, 0.3) is 10.9 Å². The Morgan fingerprint density at radius 2 is 2.26 bits per heavy atom. The van der Waals surface area contributed by atoms with Crippen molar-refractivity contribution < 1.29 is 14.3 Å². The molecule has 0 fully saturated rings. The van der Waals surface area contributed by atoms with Crippen LogP contribution in [0.2, 0.25) is 0 Å². The summed E-state index contributed by atoms with van der Waals surface area (Å²) in [6, 6.07) is 4.56. The van der Waals surface area contributed by atoms with Gasteiger partial charge in [0.05, 0.1) is 5.52 Å². The fourth-order valence-corrected chi connectivity index (χ4v) is 2.67. The van der Waals surface area contributed by atoms with Crippen LogP contribution in [-0.2, 0) is 24.3 Å². The van der Waals surface area contributed by atoms with E-state index in [1.807, 2.05) is 0 Å². The highest BCUT2D eigenvalue weighted by atomic mass is 35.5. The van der Waals surface area contributed by atoms with E-state index in [0.29, 0.717) is 12.1 Å². The molecule has 0 saturated carbocycles. The average Bonchev–Trinajstić information content (AvgIpc) is 2.63. The Balaban J connectivity index is 0.00000133. The minimum atomic E-state index is -0.905. The van der Waals surface area contributed by atoms with E-state index >= 15 is 0 Å². The molecule has 0 radical (unpaired) electrons. The molecule has 3 rings (SSSR count). The summed E-state index contributed by atoms with van der Waals surface area (Å²) >= 11 is 0. The number of carboxylic acids is 1. The second-order valence-electron chi connectivity index (χ2n) is 4.49. The van der Waals surface area contributed by atoms with Gasteiger partial charge in [-0.2, -0.15) is 0 Å². The first-order valence-corrected chi connectivity index (χ1v) is 5.89. The molecule has 102 valence electrons. The van der Waals surface area contributed by atoms with Gasteiger partial charge in [-0.25, -0.2) is 4.39 Å². The number of halogens is 2. The second kappa shape index (κ2) is 5.19. The van der Waals surface area contributed by atoms with Gasteiger partial charge < -0.3 is 15.0 Å². The molecule has 0 aliphatic carbocycles. The van der Waals surface area contributed by atoms with Crippen LogP contribution in [0, 0.1) is 5.82 Å². The Hall–Kier alpha value is -1.59. The quantitative estimate of drug-likeness (QED) is 0.886. The molecule has 0 atom stereocenters. The van der Waals surface area contributed by atoms with E-state index in [-0.39, 0.29) is 24.8 Å². The number of hydrogen-bond acceptors (Lipinski definition) is 2. The zero-order valence-corrected chi connectivity index (χ0v) is 11.0. The number of aliphatic carboxylic acids is 1. The van der Waals surface area contributed by atoms with Crippen molar-refractivity contribution in [2.45, 2.75) is 19.5 Å². The number of carboxylic acid groups (broad SMARTS) is 1. The van der Waals surface area contributed by atoms with Crippen molar-refractivity contribution in [1.29, 1.82) is 0 Å². The van der Waals surface area contributed by atoms with E-state index in [9.17, 15) is 9.18 Å². The molecule has 2 heterocycles. The summed E-state index contributed by atoms with van der Waals surface area (Å²) in [5.74, 6) is -1.24. The molecule has 1 aliphatic rings. The number of benzene rings is 1. The SMILES string of the molecule is Cl.O=C(O)Cn1c2c(c3ccc(F)cc31)CNCC2. The number of rotatable bonds is 2. The molecule has 6 heteroatoms. The van der Waals surface area contributed by atoms with Crippen molar-refractivity contribution in [2.75, 3.05) is 6.54 Å². The van der Waals surface area contributed by atoms with Gasteiger partial charge in [0.25, 0.3) is 0 Å². The van der Waals surface area contributed by atoms with E-state index in [4.69, 9.17) is 5.11 Å². The zero-order chi connectivity index (χ0) is 12.7. The zero-order valence-electron chi connectivity index (χ0n) is 10.1. The first-order valence-electron chi connectivity index (χ1n) is 5.89. The molecule has 2 aromatic rings. The maximum Gasteiger partial charge on any atom is 0.323 e. The van der Waals surface area contributed by atoms with E-state index in [1.54, 1.807) is 10.6 Å². The topological polar surface area (TPSA) is 54.3 Å². The molecule has 0 bridgehead atoms. The third-order valence-corrected chi connectivity index (χ3v) is 3.38. The average molecular weight is 285 g/mol. The van der Waals surface area contributed by atoms with Gasteiger partial charge in [0.15, 0.2) is 0 Å². The van der Waals surface area contributed by atoms with Crippen molar-refractivity contribution in [2.24, 2.45) is 0 Å². The largest absolute Gasteiger partial charge is 0.480 e. The Morgan fingerprint density at radius 1 is 1.47 bits per heavy atom. The number of aromatic nitrogens is 1. The van der Waals surface area contributed by atoms with Crippen molar-refractivity contribution in [1.82, 2.24) is 9.88 Å². The number of nitrogens with zero attached hydrogens (tertiary/aromatic N) is 1. The highest BCUT2D eigenvalue weighted by Crippen LogP contribution is 2.29. The van der Waals surface area contributed by atoms with Gasteiger partial charge >= 0.3 is 5.97 Å². The first kappa shape index (κ1) is 13.8. The van der Waals surface area contributed by atoms with Gasteiger partial charge in [0.1, 0.15) is 12.4 Å². The van der Waals surface area contributed by atoms with Crippen molar-refractivity contribution >= 4 is 29.3 Å². The normalized spacial score (nSPS) is 13.9. The maximum absolute atomic E-state index is 13.3. The lowest BCUT2D eigenvalue weighted by molar-refractivity contribution is -0.137. The molecule has 2 N–H and O–H groups in total. The third kappa shape index (κ3) is 2.31. The third-order valence-electron chi connectivity index (χ3n) is 3.38. The molecule has 0 unspecified atom stereocenters. The summed E-state index contributed by atoms with van der Waals surface area (Å²) in [4.78, 5) is 11.0. The molecule has 1 aromatic carbocycles. The van der Waals surface area contributed by atoms with Crippen molar-refractivity contribution in [3.05, 3.63) is 35.3 Å². The van der Waals surface area contributed by atoms with Crippen LogP contribution in [0.15, 0.2) is 18.2 Å². The predicted molar refractivity (Wildman–Crippen MR) is 72.2 cm³/mol. The number of fused-ring (bicyclic) bond motifs is 3. The Labute approximate surface area is 115 Å². The van der Waals surface area contributed by atoms with Gasteiger partial charge in [-0.1, -0.05) is 0 Å². The predicted octanol–water partition coefficient (Wildman–Crippen LogP) is 1.93. The molecule has 19 heavy (non-hydrogen) atoms. The van der Waals surface area contributed by atoms with E-state index in [2.05, 4.69) is 5.32 Å². The number of hydrogen-bond donors (Lipinski definition) is 2. The molecular weight excluding hydrogens is 271 g/mol. The second-order valence-corrected chi connectivity index (χ2v) is 4.49. The van der Waals surface area contributed by atoms with Crippen molar-refractivity contribution in [3.8, 4) is 0 Å². The molecular formula is C13H14ClFN2O2. The fraction of sp³-hybridized carbons (Fsp3) is 0.308. The lowest BCUT2D eigenvalue weighted by Crippen LogP contribution is -2.25. The van der Waals surface area contributed by atoms with E-state index in [1.165, 1.54) is 12.1 Å². The summed E-state index contributed by atoms with van der Waals surface area (Å²) in [5.41, 5.74) is 2.78. The standard InChI is InChI=1S/C13H13FN2O2.ClH/c14-8-1-2-9-10-6-15-4-3-11(10)16(7-13(17)18)12(9)5-8;/h1-2,5,15H,3-4,6-7H2,(H,17,18);1H. The maximum atomic E-state index is 13.3. The summed E-state index contributed by atoms with van der Waals surface area (Å²) < 4.78 is 15.1. The van der Waals surface area contributed by atoms with Crippen LogP contribution in [-0.4, -0.2) is 22.2 Å². The van der Waals surface area contributed by atoms with Crippen LogP contribution in [0.5, 0.6) is 0 Å². The lowest BCUT2D eigenvalue weighted by Gasteiger charge is -2.15. The highest BCUT2D eigenvalue weighted by Gasteiger charge is 2.20. The van der Waals surface area contributed by atoms with Gasteiger partial charge in [0, 0.05) is 30.6 Å². The monoisotopic (exact) mass is 284 g/mol. The molecule has 0 saturated heterocycles. The summed E-state index contributed by atoms with van der Waals surface area (Å²) in [5, 5.41) is 13.2. The fourth-order valence-electron chi connectivity index (χ4n) is 2.67. The number of carbonyl (C=O) groups is 1. The first-order chi connectivity index (χ1) is 8.66. The summed E-state index contributed by atoms with van der Waals surface area (Å²) in [6.45, 7) is 1.42. The molecule has 1 aliphatic heterocycles.